The Labute approximate surface area is 122 Å². The lowest BCUT2D eigenvalue weighted by atomic mass is 10.1. The van der Waals surface area contributed by atoms with Crippen molar-refractivity contribution in [2.24, 2.45) is 0 Å². The molecule has 1 aromatic carbocycles. The van der Waals surface area contributed by atoms with Crippen LogP contribution in [0.25, 0.3) is 0 Å². The first-order valence-electron chi connectivity index (χ1n) is 7.29. The van der Waals surface area contributed by atoms with Gasteiger partial charge in [-0.15, -0.1) is 0 Å². The number of benzene rings is 1. The van der Waals surface area contributed by atoms with E-state index in [1.807, 2.05) is 33.0 Å². The average molecular weight is 277 g/mol. The quantitative estimate of drug-likeness (QED) is 0.786. The van der Waals surface area contributed by atoms with E-state index in [1.54, 1.807) is 6.07 Å². The standard InChI is InChI=1S/C16H27N3O/c1-6-14(7-2)19(5)12(4)16(20)18-15-9-8-13(17)10-11(15)3/h8-10,12,14H,6-7,17H2,1-5H3,(H,18,20). The van der Waals surface area contributed by atoms with Gasteiger partial charge in [0.1, 0.15) is 0 Å². The van der Waals surface area contributed by atoms with Gasteiger partial charge in [-0.25, -0.2) is 0 Å². The van der Waals surface area contributed by atoms with Gasteiger partial charge in [-0.05, 0) is 57.5 Å². The second-order valence-electron chi connectivity index (χ2n) is 5.38. The zero-order chi connectivity index (χ0) is 15.3. The molecule has 20 heavy (non-hydrogen) atoms. The molecule has 4 heteroatoms. The van der Waals surface area contributed by atoms with Crippen LogP contribution in [0.1, 0.15) is 39.2 Å². The molecule has 0 radical (unpaired) electrons. The predicted molar refractivity (Wildman–Crippen MR) is 85.8 cm³/mol. The van der Waals surface area contributed by atoms with Gasteiger partial charge in [0.2, 0.25) is 5.91 Å². The minimum absolute atomic E-state index is 0.0206. The first-order chi connectivity index (χ1) is 9.40. The average Bonchev–Trinajstić information content (AvgIpc) is 2.42. The second-order valence-corrected chi connectivity index (χ2v) is 5.38. The van der Waals surface area contributed by atoms with Gasteiger partial charge in [0, 0.05) is 17.4 Å². The maximum Gasteiger partial charge on any atom is 0.241 e. The number of rotatable bonds is 6. The zero-order valence-electron chi connectivity index (χ0n) is 13.2. The van der Waals surface area contributed by atoms with Crippen molar-refractivity contribution in [3.8, 4) is 0 Å². The number of hydrogen-bond acceptors (Lipinski definition) is 3. The van der Waals surface area contributed by atoms with Crippen LogP contribution in [-0.2, 0) is 4.79 Å². The molecule has 0 aliphatic carbocycles. The Morgan fingerprint density at radius 3 is 2.45 bits per heavy atom. The van der Waals surface area contributed by atoms with Crippen LogP contribution in [0.5, 0.6) is 0 Å². The maximum absolute atomic E-state index is 12.3. The van der Waals surface area contributed by atoms with Crippen LogP contribution < -0.4 is 11.1 Å². The number of aryl methyl sites for hydroxylation is 1. The Balaban J connectivity index is 2.75. The summed E-state index contributed by atoms with van der Waals surface area (Å²) in [5.74, 6) is 0.0206. The summed E-state index contributed by atoms with van der Waals surface area (Å²) >= 11 is 0. The van der Waals surface area contributed by atoms with Gasteiger partial charge in [0.15, 0.2) is 0 Å². The van der Waals surface area contributed by atoms with E-state index in [4.69, 9.17) is 5.73 Å². The molecule has 1 aromatic rings. The summed E-state index contributed by atoms with van der Waals surface area (Å²) < 4.78 is 0. The topological polar surface area (TPSA) is 58.4 Å². The Morgan fingerprint density at radius 2 is 1.95 bits per heavy atom. The summed E-state index contributed by atoms with van der Waals surface area (Å²) in [4.78, 5) is 14.5. The molecule has 3 N–H and O–H groups in total. The summed E-state index contributed by atoms with van der Waals surface area (Å²) in [5.41, 5.74) is 8.24. The number of likely N-dealkylation sites (N-methyl/N-ethyl adjacent to an activating group) is 1. The molecule has 0 fully saturated rings. The molecule has 1 rings (SSSR count). The van der Waals surface area contributed by atoms with E-state index < -0.39 is 0 Å². The van der Waals surface area contributed by atoms with Gasteiger partial charge < -0.3 is 11.1 Å². The smallest absolute Gasteiger partial charge is 0.241 e. The Kier molecular flexibility index (Phi) is 6.02. The van der Waals surface area contributed by atoms with Gasteiger partial charge in [-0.2, -0.15) is 0 Å². The lowest BCUT2D eigenvalue weighted by molar-refractivity contribution is -0.121. The molecule has 1 atom stereocenters. The minimum Gasteiger partial charge on any atom is -0.399 e. The van der Waals surface area contributed by atoms with Crippen molar-refractivity contribution in [1.82, 2.24) is 4.90 Å². The van der Waals surface area contributed by atoms with Gasteiger partial charge in [0.05, 0.1) is 6.04 Å². The van der Waals surface area contributed by atoms with Crippen molar-refractivity contribution in [3.63, 3.8) is 0 Å². The van der Waals surface area contributed by atoms with Crippen LogP contribution >= 0.6 is 0 Å². The van der Waals surface area contributed by atoms with Crippen molar-refractivity contribution in [1.29, 1.82) is 0 Å². The Hall–Kier alpha value is -1.55. The number of nitrogen functional groups attached to an aromatic ring is 1. The predicted octanol–water partition coefficient (Wildman–Crippen LogP) is 3.02. The molecule has 0 aromatic heterocycles. The van der Waals surface area contributed by atoms with Crippen LogP contribution in [0.4, 0.5) is 11.4 Å². The van der Waals surface area contributed by atoms with E-state index in [1.165, 1.54) is 0 Å². The summed E-state index contributed by atoms with van der Waals surface area (Å²) in [6.45, 7) is 8.19. The molecule has 112 valence electrons. The molecule has 0 saturated carbocycles. The number of hydrogen-bond donors (Lipinski definition) is 2. The molecule has 1 unspecified atom stereocenters. The summed E-state index contributed by atoms with van der Waals surface area (Å²) in [6, 6.07) is 5.80. The number of carbonyl (C=O) groups excluding carboxylic acids is 1. The molecular formula is C16H27N3O. The molecule has 0 saturated heterocycles. The molecule has 0 heterocycles. The second kappa shape index (κ2) is 7.29. The number of anilines is 2. The summed E-state index contributed by atoms with van der Waals surface area (Å²) in [7, 11) is 2.01. The molecule has 0 bridgehead atoms. The number of nitrogens with one attached hydrogen (secondary N) is 1. The van der Waals surface area contributed by atoms with Crippen molar-refractivity contribution in [3.05, 3.63) is 23.8 Å². The number of carbonyl (C=O) groups is 1. The third-order valence-electron chi connectivity index (χ3n) is 4.02. The molecule has 1 amide bonds. The third-order valence-corrected chi connectivity index (χ3v) is 4.02. The molecular weight excluding hydrogens is 250 g/mol. The number of amides is 1. The van der Waals surface area contributed by atoms with Crippen molar-refractivity contribution in [2.75, 3.05) is 18.1 Å². The fourth-order valence-electron chi connectivity index (χ4n) is 2.43. The zero-order valence-corrected chi connectivity index (χ0v) is 13.2. The number of nitrogens with two attached hydrogens (primary N) is 1. The SMILES string of the molecule is CCC(CC)N(C)C(C)C(=O)Nc1ccc(N)cc1C. The number of nitrogens with zero attached hydrogens (tertiary/aromatic N) is 1. The fourth-order valence-corrected chi connectivity index (χ4v) is 2.43. The van der Waals surface area contributed by atoms with E-state index >= 15 is 0 Å². The van der Waals surface area contributed by atoms with Gasteiger partial charge >= 0.3 is 0 Å². The highest BCUT2D eigenvalue weighted by atomic mass is 16.2. The highest BCUT2D eigenvalue weighted by Gasteiger charge is 2.23. The van der Waals surface area contributed by atoms with Gasteiger partial charge in [-0.1, -0.05) is 13.8 Å². The summed E-state index contributed by atoms with van der Waals surface area (Å²) in [6.07, 6.45) is 2.09. The van der Waals surface area contributed by atoms with Gasteiger partial charge in [0.25, 0.3) is 0 Å². The Bertz CT molecular complexity index is 455. The monoisotopic (exact) mass is 277 g/mol. The van der Waals surface area contributed by atoms with Crippen LogP contribution in [0, 0.1) is 6.92 Å². The van der Waals surface area contributed by atoms with E-state index in [0.29, 0.717) is 11.7 Å². The molecule has 0 aliphatic heterocycles. The normalized spacial score (nSPS) is 12.8. The summed E-state index contributed by atoms with van der Waals surface area (Å²) in [5, 5.41) is 2.98. The molecule has 0 aliphatic rings. The molecule has 4 nitrogen and oxygen atoms in total. The van der Waals surface area contributed by atoms with Crippen LogP contribution in [-0.4, -0.2) is 29.9 Å². The first kappa shape index (κ1) is 16.5. The van der Waals surface area contributed by atoms with E-state index in [2.05, 4.69) is 24.1 Å². The first-order valence-corrected chi connectivity index (χ1v) is 7.29. The maximum atomic E-state index is 12.3. The minimum atomic E-state index is -0.156. The van der Waals surface area contributed by atoms with Crippen molar-refractivity contribution in [2.45, 2.75) is 52.6 Å². The largest absolute Gasteiger partial charge is 0.399 e. The van der Waals surface area contributed by atoms with Crippen LogP contribution in [0.3, 0.4) is 0 Å². The van der Waals surface area contributed by atoms with E-state index in [9.17, 15) is 4.79 Å². The highest BCUT2D eigenvalue weighted by molar-refractivity contribution is 5.95. The van der Waals surface area contributed by atoms with Crippen LogP contribution in [0.15, 0.2) is 18.2 Å². The third kappa shape index (κ3) is 3.97. The molecule has 0 spiro atoms. The Morgan fingerprint density at radius 1 is 1.35 bits per heavy atom. The van der Waals surface area contributed by atoms with E-state index in [-0.39, 0.29) is 11.9 Å². The van der Waals surface area contributed by atoms with Gasteiger partial charge in [-0.3, -0.25) is 9.69 Å². The fraction of sp³-hybridized carbons (Fsp3) is 0.562. The lowest BCUT2D eigenvalue weighted by Crippen LogP contribution is -2.45. The van der Waals surface area contributed by atoms with Crippen LogP contribution in [0.2, 0.25) is 0 Å². The van der Waals surface area contributed by atoms with Crippen molar-refractivity contribution < 1.29 is 4.79 Å². The van der Waals surface area contributed by atoms with E-state index in [0.717, 1.165) is 24.1 Å². The highest BCUT2D eigenvalue weighted by Crippen LogP contribution is 2.19. The van der Waals surface area contributed by atoms with Crippen molar-refractivity contribution >= 4 is 17.3 Å². The lowest BCUT2D eigenvalue weighted by Gasteiger charge is -2.31.